The van der Waals surface area contributed by atoms with Gasteiger partial charge in [0.1, 0.15) is 0 Å². The molecule has 0 aromatic rings. The van der Waals surface area contributed by atoms with Gasteiger partial charge in [-0.3, -0.25) is 0 Å². The molecule has 0 bridgehead atoms. The first-order valence-corrected chi connectivity index (χ1v) is 4.23. The number of nitrogens with zero attached hydrogens (tertiary/aromatic N) is 1. The summed E-state index contributed by atoms with van der Waals surface area (Å²) in [7, 11) is 0. The van der Waals surface area contributed by atoms with Crippen molar-refractivity contribution in [1.29, 1.82) is 0 Å². The maximum atomic E-state index is 8.67. The molecule has 13 heavy (non-hydrogen) atoms. The van der Waals surface area contributed by atoms with Crippen molar-refractivity contribution < 1.29 is 10.2 Å². The molecule has 0 saturated carbocycles. The molecule has 0 aromatic heterocycles. The molecule has 0 aromatic carbocycles. The first-order chi connectivity index (χ1) is 5.45. The van der Waals surface area contributed by atoms with Crippen LogP contribution in [0.4, 0.5) is 0 Å². The summed E-state index contributed by atoms with van der Waals surface area (Å²) in [5, 5.41) is 15.7. The van der Waals surface area contributed by atoms with Crippen LogP contribution in [0.5, 0.6) is 0 Å². The second-order valence-electron chi connectivity index (χ2n) is 1.79. The normalized spacial score (nSPS) is 7.23. The third-order valence-electron chi connectivity index (χ3n) is 1.03. The Morgan fingerprint density at radius 3 is 1.46 bits per heavy atom. The van der Waals surface area contributed by atoms with E-state index >= 15 is 0 Å². The monoisotopic (exact) mass is 415 g/mol. The Kier molecular flexibility index (Phi) is 17.9. The van der Waals surface area contributed by atoms with Crippen LogP contribution in [0.2, 0.25) is 0 Å². The predicted molar refractivity (Wildman–Crippen MR) is 63.3 cm³/mol. The van der Waals surface area contributed by atoms with Crippen LogP contribution in [-0.4, -0.2) is 65.9 Å². The summed E-state index contributed by atoms with van der Waals surface area (Å²) >= 11 is 8.37. The summed E-state index contributed by atoms with van der Waals surface area (Å²) < 4.78 is 0. The minimum atomic E-state index is -0.500. The van der Waals surface area contributed by atoms with Gasteiger partial charge >= 0.3 is 0 Å². The van der Waals surface area contributed by atoms with Crippen molar-refractivity contribution in [2.45, 2.75) is 13.8 Å². The van der Waals surface area contributed by atoms with Crippen LogP contribution in [0, 0.1) is 0 Å². The zero-order valence-electron chi connectivity index (χ0n) is 7.73. The first kappa shape index (κ1) is 19.0. The topological polar surface area (TPSA) is 69.7 Å². The van der Waals surface area contributed by atoms with Gasteiger partial charge in [0, 0.05) is 40.4 Å². The van der Waals surface area contributed by atoms with Crippen LogP contribution in [0.25, 0.3) is 0 Å². The molecule has 0 amide bonds. The summed E-state index contributed by atoms with van der Waals surface area (Å²) in [6.45, 7) is 5.47. The summed E-state index contributed by atoms with van der Waals surface area (Å²) in [5.74, 6) is 0. The van der Waals surface area contributed by atoms with E-state index < -0.39 is 5.17 Å². The van der Waals surface area contributed by atoms with E-state index in [0.717, 1.165) is 13.1 Å². The standard InChI is InChI=1S/C5H11NOS.CH3NOS.Tl/c1-3-6(4-2)5(7)8;2-1(3)4;/h3-4H2,1-2H3,(H,7,8);(H3,2,3,4);. The molecule has 0 spiro atoms. The molecule has 0 atom stereocenters. The van der Waals surface area contributed by atoms with E-state index in [-0.39, 0.29) is 32.5 Å². The third-order valence-corrected chi connectivity index (χ3v) is 1.29. The van der Waals surface area contributed by atoms with Gasteiger partial charge < -0.3 is 20.8 Å². The van der Waals surface area contributed by atoms with Gasteiger partial charge in [0.25, 0.3) is 10.3 Å². The number of hydrogen-bond acceptors (Lipinski definition) is 2. The minimum Gasteiger partial charge on any atom is -0.487 e. The maximum Gasteiger partial charge on any atom is 0.256 e. The van der Waals surface area contributed by atoms with Crippen LogP contribution in [0.1, 0.15) is 13.8 Å². The van der Waals surface area contributed by atoms with Crippen LogP contribution in [0.3, 0.4) is 0 Å². The average molecular weight is 415 g/mol. The number of nitrogens with two attached hydrogens (primary N) is 1. The molecular weight excluding hydrogens is 401 g/mol. The van der Waals surface area contributed by atoms with Crippen LogP contribution < -0.4 is 5.73 Å². The van der Waals surface area contributed by atoms with Crippen molar-refractivity contribution in [3.63, 3.8) is 0 Å². The van der Waals surface area contributed by atoms with Crippen molar-refractivity contribution in [3.05, 3.63) is 0 Å². The van der Waals surface area contributed by atoms with Crippen molar-refractivity contribution in [2.75, 3.05) is 13.1 Å². The van der Waals surface area contributed by atoms with Gasteiger partial charge in [0.15, 0.2) is 0 Å². The van der Waals surface area contributed by atoms with Crippen LogP contribution in [0.15, 0.2) is 0 Å². The molecule has 0 fully saturated rings. The molecule has 7 heteroatoms. The van der Waals surface area contributed by atoms with Gasteiger partial charge in [-0.05, 0) is 38.3 Å². The SMILES string of the molecule is CCN(CC)C(O)=S.NC(O)=S.[Tl]. The van der Waals surface area contributed by atoms with E-state index in [4.69, 9.17) is 10.2 Å². The van der Waals surface area contributed by atoms with E-state index in [1.165, 1.54) is 0 Å². The predicted octanol–water partition coefficient (Wildman–Crippen LogP) is 0.578. The van der Waals surface area contributed by atoms with E-state index in [2.05, 4.69) is 30.2 Å². The second kappa shape index (κ2) is 12.3. The van der Waals surface area contributed by atoms with Crippen LogP contribution >= 0.6 is 24.4 Å². The van der Waals surface area contributed by atoms with Gasteiger partial charge in [-0.2, -0.15) is 0 Å². The Hall–Kier alpha value is 0.302. The number of aliphatic hydroxyl groups excluding tert-OH is 2. The molecule has 0 aliphatic heterocycles. The van der Waals surface area contributed by atoms with Gasteiger partial charge in [-0.25, -0.2) is 0 Å². The Morgan fingerprint density at radius 2 is 1.46 bits per heavy atom. The zero-order valence-corrected chi connectivity index (χ0v) is 13.8. The Labute approximate surface area is 109 Å². The fourth-order valence-electron chi connectivity index (χ4n) is 0.494. The minimum absolute atomic E-state index is 0. The quantitative estimate of drug-likeness (QED) is 0.454. The molecule has 0 aliphatic rings. The summed E-state index contributed by atoms with van der Waals surface area (Å²) in [6.07, 6.45) is 0. The molecular formula is C6H14N2O2S2Tl. The number of hydrogen-bond donors (Lipinski definition) is 3. The van der Waals surface area contributed by atoms with Gasteiger partial charge in [-0.15, -0.1) is 0 Å². The first-order valence-electron chi connectivity index (χ1n) is 3.41. The Morgan fingerprint density at radius 1 is 1.23 bits per heavy atom. The maximum absolute atomic E-state index is 8.67. The van der Waals surface area contributed by atoms with Crippen molar-refractivity contribution in [3.8, 4) is 0 Å². The molecule has 0 aliphatic carbocycles. The molecule has 4 nitrogen and oxygen atoms in total. The smallest absolute Gasteiger partial charge is 0.256 e. The van der Waals surface area contributed by atoms with Gasteiger partial charge in [-0.1, -0.05) is 0 Å². The number of rotatable bonds is 2. The molecule has 0 unspecified atom stereocenters. The molecule has 4 N–H and O–H groups in total. The van der Waals surface area contributed by atoms with Crippen molar-refractivity contribution >= 4 is 62.1 Å². The van der Waals surface area contributed by atoms with E-state index in [1.54, 1.807) is 4.90 Å². The van der Waals surface area contributed by atoms with E-state index in [9.17, 15) is 0 Å². The number of aliphatic hydroxyl groups is 2. The average Bonchev–Trinajstić information content (AvgIpc) is 1.87. The summed E-state index contributed by atoms with van der Waals surface area (Å²) in [6, 6.07) is 0. The van der Waals surface area contributed by atoms with Gasteiger partial charge in [0.2, 0.25) is 0 Å². The second-order valence-corrected chi connectivity index (χ2v) is 2.58. The Balaban J connectivity index is -0.000000173. The third kappa shape index (κ3) is 18.9. The molecule has 0 saturated heterocycles. The molecule has 75 valence electrons. The molecule has 0 heterocycles. The van der Waals surface area contributed by atoms with E-state index in [0.29, 0.717) is 0 Å². The molecule has 1 radical (unpaired) electrons. The summed E-state index contributed by atoms with van der Waals surface area (Å²) in [5.41, 5.74) is 4.40. The Bertz CT molecular complexity index is 150. The fourth-order valence-corrected chi connectivity index (χ4v) is 0.752. The fraction of sp³-hybridized carbons (Fsp3) is 0.667. The zero-order chi connectivity index (χ0) is 10.1. The van der Waals surface area contributed by atoms with Gasteiger partial charge in [0.05, 0.1) is 0 Å². The number of thiocarbonyl (C=S) groups is 2. The van der Waals surface area contributed by atoms with Crippen LogP contribution in [-0.2, 0) is 0 Å². The van der Waals surface area contributed by atoms with E-state index in [1.807, 2.05) is 13.8 Å². The largest absolute Gasteiger partial charge is 0.487 e. The summed E-state index contributed by atoms with van der Waals surface area (Å²) in [4.78, 5) is 1.70. The van der Waals surface area contributed by atoms with Crippen molar-refractivity contribution in [1.82, 2.24) is 4.90 Å². The van der Waals surface area contributed by atoms with Crippen molar-refractivity contribution in [2.24, 2.45) is 5.73 Å². The molecule has 0 rings (SSSR count).